The van der Waals surface area contributed by atoms with Crippen molar-refractivity contribution in [2.24, 2.45) is 0 Å². The van der Waals surface area contributed by atoms with Gasteiger partial charge in [0.25, 0.3) is 5.91 Å². The largest absolute Gasteiger partial charge is 0.348 e. The zero-order valence-electron chi connectivity index (χ0n) is 16.3. The predicted molar refractivity (Wildman–Crippen MR) is 112 cm³/mol. The Morgan fingerprint density at radius 3 is 2.52 bits per heavy atom. The first-order valence-electron chi connectivity index (χ1n) is 9.69. The van der Waals surface area contributed by atoms with Gasteiger partial charge in [-0.05, 0) is 29.7 Å². The van der Waals surface area contributed by atoms with Crippen LogP contribution in [0.4, 0.5) is 0 Å². The van der Waals surface area contributed by atoms with Gasteiger partial charge in [-0.15, -0.1) is 0 Å². The summed E-state index contributed by atoms with van der Waals surface area (Å²) in [7, 11) is 0. The lowest BCUT2D eigenvalue weighted by Gasteiger charge is -2.12. The van der Waals surface area contributed by atoms with Crippen LogP contribution in [0.25, 0.3) is 5.69 Å². The Kier molecular flexibility index (Phi) is 5.52. The summed E-state index contributed by atoms with van der Waals surface area (Å²) in [5.41, 5.74) is 4.71. The highest BCUT2D eigenvalue weighted by molar-refractivity contribution is 5.95. The second kappa shape index (κ2) is 8.56. The number of imidazole rings is 1. The maximum atomic E-state index is 12.9. The zero-order valence-corrected chi connectivity index (χ0v) is 16.3. The number of aromatic nitrogens is 4. The van der Waals surface area contributed by atoms with Gasteiger partial charge in [0, 0.05) is 25.5 Å². The first-order valence-corrected chi connectivity index (χ1v) is 9.69. The number of nitrogens with one attached hydrogen (secondary N) is 1. The van der Waals surface area contributed by atoms with Crippen LogP contribution < -0.4 is 5.32 Å². The van der Waals surface area contributed by atoms with E-state index in [0.29, 0.717) is 12.1 Å². The van der Waals surface area contributed by atoms with E-state index in [9.17, 15) is 4.79 Å². The van der Waals surface area contributed by atoms with Crippen molar-refractivity contribution < 1.29 is 4.79 Å². The third kappa shape index (κ3) is 4.11. The van der Waals surface area contributed by atoms with Gasteiger partial charge in [0.1, 0.15) is 0 Å². The maximum absolute atomic E-state index is 12.9. The fraction of sp³-hybridized carbons (Fsp3) is 0.174. The predicted octanol–water partition coefficient (Wildman–Crippen LogP) is 3.61. The molecule has 6 nitrogen and oxygen atoms in total. The molecular weight excluding hydrogens is 362 g/mol. The Labute approximate surface area is 169 Å². The van der Waals surface area contributed by atoms with E-state index in [4.69, 9.17) is 0 Å². The SMILES string of the molecule is CCc1c(C(=O)NCc2ccccc2Cn2ccnc2)cnn1-c1ccccc1. The summed E-state index contributed by atoms with van der Waals surface area (Å²) >= 11 is 0. The van der Waals surface area contributed by atoms with E-state index in [1.54, 1.807) is 18.7 Å². The van der Waals surface area contributed by atoms with Gasteiger partial charge in [-0.25, -0.2) is 9.67 Å². The molecule has 0 aliphatic carbocycles. The molecule has 1 amide bonds. The number of nitrogens with zero attached hydrogens (tertiary/aromatic N) is 4. The van der Waals surface area contributed by atoms with Gasteiger partial charge >= 0.3 is 0 Å². The summed E-state index contributed by atoms with van der Waals surface area (Å²) in [6, 6.07) is 18.0. The van der Waals surface area contributed by atoms with E-state index < -0.39 is 0 Å². The van der Waals surface area contributed by atoms with Crippen LogP contribution in [0.5, 0.6) is 0 Å². The monoisotopic (exact) mass is 385 g/mol. The Morgan fingerprint density at radius 1 is 1.03 bits per heavy atom. The van der Waals surface area contributed by atoms with Crippen LogP contribution in [0.1, 0.15) is 34.1 Å². The van der Waals surface area contributed by atoms with Gasteiger partial charge < -0.3 is 9.88 Å². The average molecular weight is 385 g/mol. The van der Waals surface area contributed by atoms with Crippen LogP contribution in [0.3, 0.4) is 0 Å². The summed E-state index contributed by atoms with van der Waals surface area (Å²) in [6.07, 6.45) is 7.86. The van der Waals surface area contributed by atoms with Crippen molar-refractivity contribution in [2.75, 3.05) is 0 Å². The lowest BCUT2D eigenvalue weighted by Crippen LogP contribution is -2.24. The quantitative estimate of drug-likeness (QED) is 0.529. The summed E-state index contributed by atoms with van der Waals surface area (Å²) in [5.74, 6) is -0.110. The van der Waals surface area contributed by atoms with Crippen molar-refractivity contribution in [3.05, 3.63) is 102 Å². The topological polar surface area (TPSA) is 64.7 Å². The van der Waals surface area contributed by atoms with Crippen LogP contribution in [-0.4, -0.2) is 25.2 Å². The number of hydrogen-bond donors (Lipinski definition) is 1. The van der Waals surface area contributed by atoms with Gasteiger partial charge in [0.05, 0.1) is 29.5 Å². The first kappa shape index (κ1) is 18.7. The fourth-order valence-electron chi connectivity index (χ4n) is 3.43. The van der Waals surface area contributed by atoms with Gasteiger partial charge in [-0.3, -0.25) is 4.79 Å². The van der Waals surface area contributed by atoms with Crippen LogP contribution in [0, 0.1) is 0 Å². The molecule has 0 aliphatic rings. The molecule has 0 radical (unpaired) electrons. The van der Waals surface area contributed by atoms with E-state index in [1.165, 1.54) is 0 Å². The van der Waals surface area contributed by atoms with Crippen molar-refractivity contribution in [3.8, 4) is 5.69 Å². The number of para-hydroxylation sites is 1. The molecule has 0 saturated heterocycles. The molecule has 0 spiro atoms. The third-order valence-corrected chi connectivity index (χ3v) is 4.92. The highest BCUT2D eigenvalue weighted by Gasteiger charge is 2.17. The van der Waals surface area contributed by atoms with Crippen molar-refractivity contribution in [3.63, 3.8) is 0 Å². The van der Waals surface area contributed by atoms with Crippen LogP contribution >= 0.6 is 0 Å². The number of carbonyl (C=O) groups excluding carboxylic acids is 1. The van der Waals surface area contributed by atoms with Crippen LogP contribution in [-0.2, 0) is 19.5 Å². The minimum atomic E-state index is -0.110. The lowest BCUT2D eigenvalue weighted by atomic mass is 10.1. The number of amides is 1. The van der Waals surface area contributed by atoms with Crippen molar-refractivity contribution in [2.45, 2.75) is 26.4 Å². The second-order valence-corrected chi connectivity index (χ2v) is 6.79. The van der Waals surface area contributed by atoms with E-state index in [2.05, 4.69) is 21.5 Å². The molecule has 0 fully saturated rings. The Morgan fingerprint density at radius 2 is 1.79 bits per heavy atom. The number of rotatable bonds is 7. The number of carbonyl (C=O) groups is 1. The minimum absolute atomic E-state index is 0.110. The molecule has 0 aliphatic heterocycles. The molecule has 2 aromatic carbocycles. The van der Waals surface area contributed by atoms with Crippen molar-refractivity contribution in [1.82, 2.24) is 24.6 Å². The lowest BCUT2D eigenvalue weighted by molar-refractivity contribution is 0.0950. The summed E-state index contributed by atoms with van der Waals surface area (Å²) < 4.78 is 3.85. The van der Waals surface area contributed by atoms with Gasteiger partial charge in [-0.1, -0.05) is 49.4 Å². The molecule has 29 heavy (non-hydrogen) atoms. The smallest absolute Gasteiger partial charge is 0.255 e. The molecule has 4 aromatic rings. The molecule has 0 atom stereocenters. The summed E-state index contributed by atoms with van der Waals surface area (Å²) in [4.78, 5) is 17.0. The molecule has 2 heterocycles. The van der Waals surface area contributed by atoms with Crippen molar-refractivity contribution >= 4 is 5.91 Å². The van der Waals surface area contributed by atoms with Gasteiger partial charge in [0.15, 0.2) is 0 Å². The molecule has 0 unspecified atom stereocenters. The minimum Gasteiger partial charge on any atom is -0.348 e. The van der Waals surface area contributed by atoms with E-state index in [-0.39, 0.29) is 5.91 Å². The van der Waals surface area contributed by atoms with Crippen LogP contribution in [0.2, 0.25) is 0 Å². The maximum Gasteiger partial charge on any atom is 0.255 e. The summed E-state index contributed by atoms with van der Waals surface area (Å²) in [5, 5.41) is 7.50. The number of hydrogen-bond acceptors (Lipinski definition) is 3. The van der Waals surface area contributed by atoms with Crippen LogP contribution in [0.15, 0.2) is 79.5 Å². The molecule has 1 N–H and O–H groups in total. The Balaban J connectivity index is 1.51. The molecule has 6 heteroatoms. The highest BCUT2D eigenvalue weighted by Crippen LogP contribution is 2.16. The van der Waals surface area contributed by atoms with Crippen molar-refractivity contribution in [1.29, 1.82) is 0 Å². The summed E-state index contributed by atoms with van der Waals surface area (Å²) in [6.45, 7) is 3.22. The first-order chi connectivity index (χ1) is 14.3. The van der Waals surface area contributed by atoms with E-state index >= 15 is 0 Å². The molecule has 0 saturated carbocycles. The Hall–Kier alpha value is -3.67. The molecule has 4 rings (SSSR count). The van der Waals surface area contributed by atoms with E-state index in [0.717, 1.165) is 35.5 Å². The average Bonchev–Trinajstić information content (AvgIpc) is 3.43. The molecule has 2 aromatic heterocycles. The molecule has 0 bridgehead atoms. The third-order valence-electron chi connectivity index (χ3n) is 4.92. The molecule has 146 valence electrons. The normalized spacial score (nSPS) is 10.8. The number of benzene rings is 2. The van der Waals surface area contributed by atoms with Gasteiger partial charge in [-0.2, -0.15) is 5.10 Å². The molecular formula is C23H23N5O. The second-order valence-electron chi connectivity index (χ2n) is 6.79. The standard InChI is InChI=1S/C23H23N5O/c1-2-22-21(15-26-28(22)20-10-4-3-5-11-20)23(29)25-14-18-8-6-7-9-19(18)16-27-13-12-24-17-27/h3-13,15,17H,2,14,16H2,1H3,(H,25,29). The highest BCUT2D eigenvalue weighted by atomic mass is 16.1. The Bertz CT molecular complexity index is 1080. The van der Waals surface area contributed by atoms with Gasteiger partial charge in [0.2, 0.25) is 0 Å². The zero-order chi connectivity index (χ0) is 20.1. The van der Waals surface area contributed by atoms with E-state index in [1.807, 2.05) is 70.9 Å². The fourth-order valence-corrected chi connectivity index (χ4v) is 3.43.